The molecule has 0 fully saturated rings. The maximum Gasteiger partial charge on any atom is 0.534 e. The third-order valence-corrected chi connectivity index (χ3v) is 22.1. The average Bonchev–Trinajstić information content (AvgIpc) is 0.931. The quantitative estimate of drug-likeness (QED) is 0.0481. The van der Waals surface area contributed by atoms with Gasteiger partial charge in [-0.25, -0.2) is 0 Å². The molecule has 39 heteroatoms. The van der Waals surface area contributed by atoms with Gasteiger partial charge >= 0.3 is 78.1 Å². The van der Waals surface area contributed by atoms with Crippen molar-refractivity contribution in [2.45, 2.75) is 34.5 Å². The van der Waals surface area contributed by atoms with E-state index in [1.165, 1.54) is 84.1 Å². The summed E-state index contributed by atoms with van der Waals surface area (Å²) in [4.78, 5) is 0. The first kappa shape index (κ1) is 67.9. The Labute approximate surface area is 522 Å². The van der Waals surface area contributed by atoms with E-state index in [9.17, 15) is 108 Å². The smallest absolute Gasteiger partial charge is 0.375 e. The van der Waals surface area contributed by atoms with Gasteiger partial charge in [-0.05, 0) is 184 Å². The van der Waals surface area contributed by atoms with Gasteiger partial charge in [0.1, 0.15) is 0 Å². The maximum atomic E-state index is 13.6. The second kappa shape index (κ2) is 23.4. The molecule has 0 heterocycles. The molecule has 8 rings (SSSR count). The van der Waals surface area contributed by atoms with Crippen molar-refractivity contribution in [3.8, 4) is 51.0 Å². The van der Waals surface area contributed by atoms with Crippen LogP contribution in [0.15, 0.2) is 109 Å². The summed E-state index contributed by atoms with van der Waals surface area (Å²) >= 11 is 6.71. The average molecular weight is 1770 g/mol. The standard InChI is InChI=1S/C24H9F9I4O9S3.C22H12F6O6S2/c1-8-6-11(34)20(36)9-2-4-13(44-47(38,39)22(25,26)27)18(16(8)9)19-14(45-48(40,41)23(28,29)30)5-3-10-17(19)15(7-12(35)21(10)37)46-49(42,43)24(31,32)33;23-21(24,25)35(29,30)33-17-11-9-13-5-1-3-7-15(13)19(17)20-16-8-4-2-6-14(16)10-12-18(20)34-36(31,32)22(26,27)28/h2-7H,1H3;1-12H. The number of rotatable bonds is 12. The third-order valence-electron chi connectivity index (χ3n) is 11.2. The monoisotopic (exact) mass is 1770 g/mol. The lowest BCUT2D eigenvalue weighted by molar-refractivity contribution is -0.0505. The van der Waals surface area contributed by atoms with Gasteiger partial charge in [-0.1, -0.05) is 60.7 Å². The number of aryl methyl sites for hydroxylation is 1. The predicted molar refractivity (Wildman–Crippen MR) is 307 cm³/mol. The van der Waals surface area contributed by atoms with E-state index >= 15 is 0 Å². The Kier molecular flexibility index (Phi) is 18.7. The number of hydrogen-bond acceptors (Lipinski definition) is 15. The third kappa shape index (κ3) is 13.6. The van der Waals surface area contributed by atoms with Crippen molar-refractivity contribution in [2.75, 3.05) is 0 Å². The van der Waals surface area contributed by atoms with Crippen molar-refractivity contribution in [3.63, 3.8) is 0 Å². The zero-order valence-electron chi connectivity index (χ0n) is 40.2. The molecule has 0 atom stereocenters. The largest absolute Gasteiger partial charge is 0.534 e. The number of hydrogen-bond donors (Lipinski definition) is 0. The summed E-state index contributed by atoms with van der Waals surface area (Å²) in [6, 6.07) is 21.0. The SMILES string of the molecule is Cc1cc(I)c(I)c2ccc(OS(=O)(=O)C(F)(F)F)c(-c3c(OS(=O)(=O)C(F)(F)F)ccc4c(I)c(I)cc(OS(=O)(=O)C(F)(F)F)c34)c12.O=S(=O)(Oc1ccc2ccccc2c1-c1c(OS(=O)(=O)C(F)(F)F)ccc2ccccc12)C(F)(F)F. The molecule has 0 aromatic heterocycles. The molecule has 0 unspecified atom stereocenters. The molecule has 8 aromatic carbocycles. The second-order valence-corrected chi connectivity index (χ2v) is 28.8. The lowest BCUT2D eigenvalue weighted by atomic mass is 9.90. The first-order chi connectivity index (χ1) is 38.6. The van der Waals surface area contributed by atoms with Crippen LogP contribution >= 0.6 is 90.4 Å². The van der Waals surface area contributed by atoms with Gasteiger partial charge in [-0.3, -0.25) is 0 Å². The Balaban J connectivity index is 0.000000255. The van der Waals surface area contributed by atoms with E-state index in [1.807, 2.05) is 22.6 Å². The van der Waals surface area contributed by atoms with Crippen LogP contribution < -0.4 is 20.9 Å². The van der Waals surface area contributed by atoms with Gasteiger partial charge in [-0.15, -0.1) is 0 Å². The summed E-state index contributed by atoms with van der Waals surface area (Å²) in [5.41, 5.74) is -32.9. The van der Waals surface area contributed by atoms with Gasteiger partial charge < -0.3 is 20.9 Å². The van der Waals surface area contributed by atoms with Gasteiger partial charge in [0.25, 0.3) is 0 Å². The molecule has 0 aliphatic carbocycles. The van der Waals surface area contributed by atoms with Gasteiger partial charge in [0, 0.05) is 47.3 Å². The molecule has 458 valence electrons. The van der Waals surface area contributed by atoms with Crippen LogP contribution in [0.2, 0.25) is 0 Å². The summed E-state index contributed by atoms with van der Waals surface area (Å²) < 4.78 is 344. The molecule has 0 bridgehead atoms. The Morgan fingerprint density at radius 3 is 0.929 bits per heavy atom. The minimum absolute atomic E-state index is 0.0186. The molecule has 0 aliphatic rings. The van der Waals surface area contributed by atoms with Crippen LogP contribution in [-0.4, -0.2) is 69.6 Å². The van der Waals surface area contributed by atoms with Crippen molar-refractivity contribution in [3.05, 3.63) is 129 Å². The molecule has 85 heavy (non-hydrogen) atoms. The van der Waals surface area contributed by atoms with E-state index in [0.717, 1.165) is 24.3 Å². The molecule has 0 saturated heterocycles. The van der Waals surface area contributed by atoms with Crippen molar-refractivity contribution < 1.29 is 129 Å². The Hall–Kier alpha value is -4.58. The second-order valence-electron chi connectivity index (χ2n) is 16.6. The van der Waals surface area contributed by atoms with Crippen LogP contribution in [0.25, 0.3) is 65.3 Å². The van der Waals surface area contributed by atoms with Gasteiger partial charge in [0.2, 0.25) is 0 Å². The number of fused-ring (bicyclic) bond motifs is 4. The molecular formula is C46H21F15I4O15S5. The molecular weight excluding hydrogens is 1750 g/mol. The first-order valence-corrected chi connectivity index (χ1v) is 32.9. The number of halogens is 19. The molecule has 8 aromatic rings. The van der Waals surface area contributed by atoms with Crippen LogP contribution in [0.4, 0.5) is 65.9 Å². The zero-order chi connectivity index (χ0) is 64.0. The Morgan fingerprint density at radius 2 is 0.588 bits per heavy atom. The van der Waals surface area contributed by atoms with E-state index in [2.05, 4.69) is 20.9 Å². The molecule has 0 amide bonds. The maximum absolute atomic E-state index is 13.6. The van der Waals surface area contributed by atoms with Crippen molar-refractivity contribution in [2.24, 2.45) is 0 Å². The van der Waals surface area contributed by atoms with Crippen LogP contribution in [-0.2, 0) is 50.6 Å². The highest BCUT2D eigenvalue weighted by Crippen LogP contribution is 2.54. The summed E-state index contributed by atoms with van der Waals surface area (Å²) in [6.45, 7) is 1.31. The normalized spacial score (nSPS) is 13.4. The van der Waals surface area contributed by atoms with Crippen molar-refractivity contribution in [1.82, 2.24) is 0 Å². The van der Waals surface area contributed by atoms with E-state index in [0.29, 0.717) is 36.1 Å². The summed E-state index contributed by atoms with van der Waals surface area (Å²) in [5, 5.41) is -0.753. The highest BCUT2D eigenvalue weighted by atomic mass is 127. The first-order valence-electron chi connectivity index (χ1n) is 21.6. The highest BCUT2D eigenvalue weighted by Gasteiger charge is 2.53. The van der Waals surface area contributed by atoms with Crippen LogP contribution in [0.5, 0.6) is 28.7 Å². The molecule has 0 spiro atoms. The van der Waals surface area contributed by atoms with Crippen molar-refractivity contribution in [1.29, 1.82) is 0 Å². The molecule has 0 N–H and O–H groups in total. The van der Waals surface area contributed by atoms with E-state index in [4.69, 9.17) is 0 Å². The topological polar surface area (TPSA) is 217 Å². The van der Waals surface area contributed by atoms with E-state index in [1.54, 1.807) is 57.3 Å². The lowest BCUT2D eigenvalue weighted by Gasteiger charge is -2.23. The van der Waals surface area contributed by atoms with Gasteiger partial charge in [-0.2, -0.15) is 108 Å². The molecule has 15 nitrogen and oxygen atoms in total. The molecule has 0 radical (unpaired) electrons. The fourth-order valence-corrected chi connectivity index (χ4v) is 12.6. The fraction of sp³-hybridized carbons (Fsp3) is 0.130. The Bertz CT molecular complexity index is 4530. The summed E-state index contributed by atoms with van der Waals surface area (Å²) in [7, 11) is -32.3. The number of benzene rings is 8. The number of alkyl halides is 15. The zero-order valence-corrected chi connectivity index (χ0v) is 53.0. The minimum Gasteiger partial charge on any atom is -0.375 e. The van der Waals surface area contributed by atoms with Crippen LogP contribution in [0, 0.1) is 21.2 Å². The Morgan fingerprint density at radius 1 is 0.318 bits per heavy atom. The fourth-order valence-electron chi connectivity index (χ4n) is 7.72. The van der Waals surface area contributed by atoms with E-state index in [-0.39, 0.29) is 39.6 Å². The van der Waals surface area contributed by atoms with Crippen molar-refractivity contribution >= 4 is 184 Å². The lowest BCUT2D eigenvalue weighted by Crippen LogP contribution is -2.29. The summed E-state index contributed by atoms with van der Waals surface area (Å²) in [6.07, 6.45) is 0. The van der Waals surface area contributed by atoms with Gasteiger partial charge in [0.15, 0.2) is 28.7 Å². The summed E-state index contributed by atoms with van der Waals surface area (Å²) in [5.74, 6) is -5.87. The predicted octanol–water partition coefficient (Wildman–Crippen LogP) is 15.2. The van der Waals surface area contributed by atoms with Crippen LogP contribution in [0.3, 0.4) is 0 Å². The van der Waals surface area contributed by atoms with Gasteiger partial charge in [0.05, 0.1) is 0 Å². The molecule has 0 saturated carbocycles. The molecule has 0 aliphatic heterocycles. The van der Waals surface area contributed by atoms with Crippen LogP contribution in [0.1, 0.15) is 5.56 Å². The highest BCUT2D eigenvalue weighted by molar-refractivity contribution is 14.1. The minimum atomic E-state index is -6.67. The van der Waals surface area contributed by atoms with E-state index < -0.39 is 135 Å².